The van der Waals surface area contributed by atoms with Crippen LogP contribution in [0.2, 0.25) is 0 Å². The zero-order valence-corrected chi connectivity index (χ0v) is 25.3. The maximum atomic E-state index is 13.5. The quantitative estimate of drug-likeness (QED) is 0.214. The minimum absolute atomic E-state index is 0.222. The third-order valence-electron chi connectivity index (χ3n) is 8.72. The van der Waals surface area contributed by atoms with Gasteiger partial charge >= 0.3 is 6.09 Å². The van der Waals surface area contributed by atoms with E-state index < -0.39 is 18.2 Å². The number of rotatable bonds is 9. The van der Waals surface area contributed by atoms with Gasteiger partial charge in [0.25, 0.3) is 0 Å². The number of aromatic nitrogens is 4. The Morgan fingerprint density at radius 1 is 0.864 bits per heavy atom. The van der Waals surface area contributed by atoms with Crippen LogP contribution in [0, 0.1) is 0 Å². The van der Waals surface area contributed by atoms with Crippen LogP contribution < -0.4 is 10.6 Å². The second kappa shape index (κ2) is 13.0. The Balaban J connectivity index is 1.13. The standard InChI is InChI=1S/C33H39N7O4/c1-20(43-2)29(39-33(42)44-3)32(41)40-17-5-7-28(40)31-36-19-27(38-31)24-14-10-22(11-15-24)21-8-12-23(13-9-21)26-18-35-30(37-26)25-6-4-16-34-25/h8-15,18-20,25,28-29,34H,4-7,16-17H2,1-3H3,(H,35,37)(H,36,38)(H,39,42)/t20-,25+,28+,29+/m1/s1. The number of hydrogen-bond acceptors (Lipinski definition) is 7. The molecule has 0 radical (unpaired) electrons. The molecule has 2 aromatic heterocycles. The lowest BCUT2D eigenvalue weighted by Crippen LogP contribution is -2.54. The summed E-state index contributed by atoms with van der Waals surface area (Å²) in [4.78, 5) is 43.4. The third-order valence-corrected chi connectivity index (χ3v) is 8.72. The number of carbonyl (C=O) groups excluding carboxylic acids is 2. The monoisotopic (exact) mass is 597 g/mol. The molecule has 4 atom stereocenters. The summed E-state index contributed by atoms with van der Waals surface area (Å²) in [7, 11) is 2.78. The average Bonchev–Trinajstić information content (AvgIpc) is 3.89. The van der Waals surface area contributed by atoms with Crippen molar-refractivity contribution in [1.82, 2.24) is 35.5 Å². The predicted octanol–water partition coefficient (Wildman–Crippen LogP) is 4.98. The fourth-order valence-corrected chi connectivity index (χ4v) is 6.11. The van der Waals surface area contributed by atoms with Crippen LogP contribution in [0.3, 0.4) is 0 Å². The molecule has 2 aliphatic rings. The number of benzene rings is 2. The highest BCUT2D eigenvalue weighted by Crippen LogP contribution is 2.33. The molecule has 2 aliphatic heterocycles. The van der Waals surface area contributed by atoms with Gasteiger partial charge in [-0.3, -0.25) is 4.79 Å². The zero-order valence-electron chi connectivity index (χ0n) is 25.3. The van der Waals surface area contributed by atoms with Gasteiger partial charge in [0, 0.05) is 13.7 Å². The predicted molar refractivity (Wildman–Crippen MR) is 167 cm³/mol. The summed E-state index contributed by atoms with van der Waals surface area (Å²) in [5.74, 6) is 1.50. The molecule has 2 amide bonds. The van der Waals surface area contributed by atoms with Crippen LogP contribution in [0.15, 0.2) is 60.9 Å². The van der Waals surface area contributed by atoms with Crippen molar-refractivity contribution in [3.05, 3.63) is 72.6 Å². The summed E-state index contributed by atoms with van der Waals surface area (Å²) in [6, 6.07) is 16.1. The summed E-state index contributed by atoms with van der Waals surface area (Å²) >= 11 is 0. The molecule has 4 aromatic rings. The topological polar surface area (TPSA) is 137 Å². The highest BCUT2D eigenvalue weighted by molar-refractivity contribution is 5.87. The molecule has 6 rings (SSSR count). The molecule has 0 spiro atoms. The molecule has 4 N–H and O–H groups in total. The smallest absolute Gasteiger partial charge is 0.407 e. The average molecular weight is 598 g/mol. The number of nitrogens with one attached hydrogen (secondary N) is 4. The Hall–Kier alpha value is -4.48. The van der Waals surface area contributed by atoms with Gasteiger partial charge in [0.15, 0.2) is 0 Å². The van der Waals surface area contributed by atoms with Gasteiger partial charge in [-0.05, 0) is 61.4 Å². The lowest BCUT2D eigenvalue weighted by Gasteiger charge is -2.30. The van der Waals surface area contributed by atoms with Gasteiger partial charge in [0.1, 0.15) is 17.7 Å². The molecular formula is C33H39N7O4. The maximum Gasteiger partial charge on any atom is 0.407 e. The fourth-order valence-electron chi connectivity index (χ4n) is 6.11. The molecule has 0 bridgehead atoms. The van der Waals surface area contributed by atoms with Crippen molar-refractivity contribution in [3.63, 3.8) is 0 Å². The summed E-state index contributed by atoms with van der Waals surface area (Å²) in [6.07, 6.45) is 6.43. The summed E-state index contributed by atoms with van der Waals surface area (Å²) in [5.41, 5.74) is 6.26. The van der Waals surface area contributed by atoms with Crippen molar-refractivity contribution >= 4 is 12.0 Å². The number of amides is 2. The Labute approximate surface area is 256 Å². The van der Waals surface area contributed by atoms with Crippen LogP contribution in [-0.2, 0) is 14.3 Å². The number of methoxy groups -OCH3 is 2. The SMILES string of the molecule is COC(=O)N[C@H](C(=O)N1CCC[C@H]1c1ncc(-c2ccc(-c3ccc(-c4cnc([C@@H]5CCCN5)[nH]4)cc3)cc2)[nH]1)[C@@H](C)OC. The van der Waals surface area contributed by atoms with E-state index in [1.165, 1.54) is 20.6 Å². The molecule has 4 heterocycles. The van der Waals surface area contributed by atoms with Crippen molar-refractivity contribution in [2.24, 2.45) is 0 Å². The zero-order chi connectivity index (χ0) is 30.6. The Kier molecular flexibility index (Phi) is 8.76. The normalized spacial score (nSPS) is 19.6. The molecule has 2 fully saturated rings. The van der Waals surface area contributed by atoms with Gasteiger partial charge in [-0.25, -0.2) is 14.8 Å². The Bertz CT molecular complexity index is 1570. The van der Waals surface area contributed by atoms with Gasteiger partial charge in [0.05, 0.1) is 49.1 Å². The molecule has 44 heavy (non-hydrogen) atoms. The number of imidazole rings is 2. The maximum absolute atomic E-state index is 13.5. The van der Waals surface area contributed by atoms with Gasteiger partial charge < -0.3 is 35.0 Å². The first-order chi connectivity index (χ1) is 21.4. The lowest BCUT2D eigenvalue weighted by molar-refractivity contribution is -0.137. The summed E-state index contributed by atoms with van der Waals surface area (Å²) in [5, 5.41) is 6.11. The van der Waals surface area contributed by atoms with Gasteiger partial charge in [0.2, 0.25) is 5.91 Å². The number of aromatic amines is 2. The second-order valence-electron chi connectivity index (χ2n) is 11.4. The molecule has 0 unspecified atom stereocenters. The molecular weight excluding hydrogens is 558 g/mol. The van der Waals surface area contributed by atoms with Crippen LogP contribution in [0.5, 0.6) is 0 Å². The Morgan fingerprint density at radius 2 is 1.45 bits per heavy atom. The first-order valence-electron chi connectivity index (χ1n) is 15.2. The highest BCUT2D eigenvalue weighted by Gasteiger charge is 2.38. The molecule has 0 aliphatic carbocycles. The number of ether oxygens (including phenoxy) is 2. The van der Waals surface area contributed by atoms with Crippen LogP contribution >= 0.6 is 0 Å². The number of likely N-dealkylation sites (tertiary alicyclic amines) is 1. The van der Waals surface area contributed by atoms with E-state index in [0.29, 0.717) is 12.6 Å². The van der Waals surface area contributed by atoms with E-state index in [1.807, 2.05) is 12.4 Å². The van der Waals surface area contributed by atoms with Crippen LogP contribution in [0.4, 0.5) is 4.79 Å². The van der Waals surface area contributed by atoms with E-state index in [0.717, 1.165) is 71.1 Å². The molecule has 2 saturated heterocycles. The molecule has 11 heteroatoms. The van der Waals surface area contributed by atoms with Crippen molar-refractivity contribution in [2.45, 2.75) is 56.8 Å². The van der Waals surface area contributed by atoms with Gasteiger partial charge in [-0.2, -0.15) is 0 Å². The minimum Gasteiger partial charge on any atom is -0.453 e. The van der Waals surface area contributed by atoms with E-state index in [-0.39, 0.29) is 11.9 Å². The summed E-state index contributed by atoms with van der Waals surface area (Å²) < 4.78 is 10.1. The van der Waals surface area contributed by atoms with Crippen molar-refractivity contribution in [2.75, 3.05) is 27.3 Å². The number of alkyl carbamates (subject to hydrolysis) is 1. The van der Waals surface area contributed by atoms with E-state index in [2.05, 4.69) is 79.1 Å². The number of H-pyrrole nitrogens is 2. The van der Waals surface area contributed by atoms with Crippen molar-refractivity contribution < 1.29 is 19.1 Å². The van der Waals surface area contributed by atoms with E-state index in [4.69, 9.17) is 9.47 Å². The van der Waals surface area contributed by atoms with E-state index in [1.54, 1.807) is 11.8 Å². The van der Waals surface area contributed by atoms with Gasteiger partial charge in [-0.1, -0.05) is 48.5 Å². The first-order valence-corrected chi connectivity index (χ1v) is 15.2. The highest BCUT2D eigenvalue weighted by atomic mass is 16.5. The van der Waals surface area contributed by atoms with E-state index in [9.17, 15) is 9.59 Å². The Morgan fingerprint density at radius 3 is 2.02 bits per heavy atom. The minimum atomic E-state index is -0.865. The van der Waals surface area contributed by atoms with Crippen molar-refractivity contribution in [3.8, 4) is 33.6 Å². The number of hydrogen-bond donors (Lipinski definition) is 4. The number of nitrogens with zero attached hydrogens (tertiary/aromatic N) is 3. The second-order valence-corrected chi connectivity index (χ2v) is 11.4. The van der Waals surface area contributed by atoms with Crippen LogP contribution in [-0.4, -0.2) is 76.3 Å². The fraction of sp³-hybridized carbons (Fsp3) is 0.394. The van der Waals surface area contributed by atoms with Crippen LogP contribution in [0.25, 0.3) is 33.6 Å². The lowest BCUT2D eigenvalue weighted by atomic mass is 10.0. The molecule has 230 valence electrons. The first kappa shape index (κ1) is 29.6. The van der Waals surface area contributed by atoms with Crippen molar-refractivity contribution in [1.29, 1.82) is 0 Å². The third kappa shape index (κ3) is 6.11. The number of carbonyl (C=O) groups is 2. The van der Waals surface area contributed by atoms with Gasteiger partial charge in [-0.15, -0.1) is 0 Å². The molecule has 11 nitrogen and oxygen atoms in total. The molecule has 0 saturated carbocycles. The molecule has 2 aromatic carbocycles. The van der Waals surface area contributed by atoms with E-state index >= 15 is 0 Å². The van der Waals surface area contributed by atoms with Crippen LogP contribution in [0.1, 0.15) is 56.3 Å². The summed E-state index contributed by atoms with van der Waals surface area (Å²) in [6.45, 7) is 3.36. The largest absolute Gasteiger partial charge is 0.453 e.